The summed E-state index contributed by atoms with van der Waals surface area (Å²) in [6.07, 6.45) is -0.583. The maximum absolute atomic E-state index is 13.5. The van der Waals surface area contributed by atoms with Gasteiger partial charge in [0.15, 0.2) is 11.6 Å². The maximum atomic E-state index is 13.5. The Morgan fingerprint density at radius 2 is 1.31 bits per heavy atom. The van der Waals surface area contributed by atoms with Gasteiger partial charge in [-0.3, -0.25) is 24.0 Å². The number of carbonyl (C=O) groups is 5. The summed E-state index contributed by atoms with van der Waals surface area (Å²) in [5.74, 6) is -11.8. The summed E-state index contributed by atoms with van der Waals surface area (Å²) in [5, 5.41) is 7.62. The minimum absolute atomic E-state index is 0.0122. The summed E-state index contributed by atoms with van der Waals surface area (Å²) < 4.78 is 73.0. The van der Waals surface area contributed by atoms with Crippen molar-refractivity contribution in [2.24, 2.45) is 0 Å². The SMILES string of the molecule is CC(=O)OCc1ccc(NC(=O)[C@H](C)NC(=O)[C@H](C)NC(=O)CCOCCOCCC(=O)Oc2c(F)c(F)cc(F)c2F)cc1. The van der Waals surface area contributed by atoms with E-state index in [-0.39, 0.29) is 45.5 Å². The predicted molar refractivity (Wildman–Crippen MR) is 149 cm³/mol. The minimum atomic E-state index is -1.84. The minimum Gasteiger partial charge on any atom is -0.461 e. The van der Waals surface area contributed by atoms with E-state index in [0.717, 1.165) is 5.56 Å². The van der Waals surface area contributed by atoms with Gasteiger partial charge in [-0.05, 0) is 31.5 Å². The van der Waals surface area contributed by atoms with Crippen molar-refractivity contribution in [3.05, 3.63) is 59.2 Å². The van der Waals surface area contributed by atoms with Crippen molar-refractivity contribution in [3.8, 4) is 5.75 Å². The Balaban J connectivity index is 1.58. The lowest BCUT2D eigenvalue weighted by Crippen LogP contribution is -2.50. The average molecular weight is 644 g/mol. The molecule has 2 rings (SSSR count). The molecule has 3 N–H and O–H groups in total. The first-order valence-electron chi connectivity index (χ1n) is 13.6. The molecule has 0 saturated carbocycles. The highest BCUT2D eigenvalue weighted by Gasteiger charge is 2.23. The number of amides is 3. The van der Waals surface area contributed by atoms with Crippen molar-refractivity contribution in [1.29, 1.82) is 0 Å². The fourth-order valence-corrected chi connectivity index (χ4v) is 3.35. The molecule has 0 aliphatic heterocycles. The largest absolute Gasteiger partial charge is 0.461 e. The van der Waals surface area contributed by atoms with Crippen molar-refractivity contribution in [1.82, 2.24) is 10.6 Å². The zero-order valence-electron chi connectivity index (χ0n) is 24.7. The second kappa shape index (κ2) is 18.3. The van der Waals surface area contributed by atoms with Crippen LogP contribution in [0.3, 0.4) is 0 Å². The number of carbonyl (C=O) groups excluding carboxylic acids is 5. The molecule has 0 unspecified atom stereocenters. The number of hydrogen-bond donors (Lipinski definition) is 3. The van der Waals surface area contributed by atoms with Crippen LogP contribution >= 0.6 is 0 Å². The van der Waals surface area contributed by atoms with Gasteiger partial charge in [0.05, 0.1) is 32.8 Å². The van der Waals surface area contributed by atoms with Gasteiger partial charge in [-0.2, -0.15) is 8.78 Å². The lowest BCUT2D eigenvalue weighted by atomic mass is 10.2. The van der Waals surface area contributed by atoms with Crippen molar-refractivity contribution in [2.75, 3.05) is 31.7 Å². The molecular weight excluding hydrogens is 610 g/mol. The van der Waals surface area contributed by atoms with Gasteiger partial charge in [-0.25, -0.2) is 8.78 Å². The van der Waals surface area contributed by atoms with Crippen LogP contribution in [0.2, 0.25) is 0 Å². The summed E-state index contributed by atoms with van der Waals surface area (Å²) >= 11 is 0. The summed E-state index contributed by atoms with van der Waals surface area (Å²) in [5.41, 5.74) is 1.19. The number of benzene rings is 2. The van der Waals surface area contributed by atoms with E-state index in [1.807, 2.05) is 0 Å². The number of esters is 2. The summed E-state index contributed by atoms with van der Waals surface area (Å²) in [7, 11) is 0. The molecule has 2 aromatic carbocycles. The molecule has 0 aliphatic rings. The molecule has 0 radical (unpaired) electrons. The van der Waals surface area contributed by atoms with Crippen molar-refractivity contribution < 1.29 is 60.5 Å². The lowest BCUT2D eigenvalue weighted by Gasteiger charge is -2.18. The van der Waals surface area contributed by atoms with E-state index < -0.39 is 77.2 Å². The Morgan fingerprint density at radius 1 is 0.756 bits per heavy atom. The van der Waals surface area contributed by atoms with E-state index in [1.165, 1.54) is 20.8 Å². The molecule has 2 atom stereocenters. The van der Waals surface area contributed by atoms with Crippen LogP contribution in [-0.2, 0) is 44.8 Å². The Morgan fingerprint density at radius 3 is 1.89 bits per heavy atom. The molecule has 2 aromatic rings. The Labute approximate surface area is 255 Å². The van der Waals surface area contributed by atoms with E-state index in [4.69, 9.17) is 14.2 Å². The summed E-state index contributed by atoms with van der Waals surface area (Å²) in [6.45, 7) is 4.01. The third-order valence-electron chi connectivity index (χ3n) is 5.77. The second-order valence-corrected chi connectivity index (χ2v) is 9.48. The van der Waals surface area contributed by atoms with Crippen molar-refractivity contribution in [2.45, 2.75) is 52.3 Å². The second-order valence-electron chi connectivity index (χ2n) is 9.48. The standard InChI is InChI=1S/C29H33F4N3O9/c1-16(28(40)35-17(2)29(41)36-20-6-4-19(5-7-20)15-44-18(3)37)34-23(38)8-10-42-12-13-43-11-9-24(39)45-27-25(32)21(30)14-22(31)26(27)33/h4-7,14,16-17H,8-13,15H2,1-3H3,(H,34,38)(H,35,40)(H,36,41)/t16-,17-/m0/s1. The molecular formula is C29H33F4N3O9. The number of anilines is 1. The first kappa shape index (κ1) is 36.6. The molecule has 45 heavy (non-hydrogen) atoms. The molecule has 0 fully saturated rings. The smallest absolute Gasteiger partial charge is 0.313 e. The van der Waals surface area contributed by atoms with Crippen LogP contribution in [0.5, 0.6) is 5.75 Å². The van der Waals surface area contributed by atoms with Gasteiger partial charge in [0, 0.05) is 25.1 Å². The molecule has 0 bridgehead atoms. The third-order valence-corrected chi connectivity index (χ3v) is 5.77. The molecule has 0 spiro atoms. The first-order chi connectivity index (χ1) is 21.3. The molecule has 3 amide bonds. The number of ether oxygens (including phenoxy) is 4. The normalized spacial score (nSPS) is 12.1. The Bertz CT molecular complexity index is 1330. The highest BCUT2D eigenvalue weighted by atomic mass is 19.2. The van der Waals surface area contributed by atoms with Crippen LogP contribution in [0.15, 0.2) is 30.3 Å². The van der Waals surface area contributed by atoms with Crippen molar-refractivity contribution in [3.63, 3.8) is 0 Å². The Hall–Kier alpha value is -4.57. The van der Waals surface area contributed by atoms with Crippen LogP contribution in [-0.4, -0.2) is 68.2 Å². The van der Waals surface area contributed by atoms with Gasteiger partial charge >= 0.3 is 11.9 Å². The highest BCUT2D eigenvalue weighted by Crippen LogP contribution is 2.26. The van der Waals surface area contributed by atoms with Gasteiger partial charge in [0.2, 0.25) is 35.1 Å². The number of hydrogen-bond acceptors (Lipinski definition) is 9. The van der Waals surface area contributed by atoms with Crippen LogP contribution in [0.4, 0.5) is 23.2 Å². The topological polar surface area (TPSA) is 158 Å². The van der Waals surface area contributed by atoms with Gasteiger partial charge in [0.1, 0.15) is 18.7 Å². The van der Waals surface area contributed by atoms with E-state index in [1.54, 1.807) is 24.3 Å². The zero-order valence-corrected chi connectivity index (χ0v) is 24.7. The number of nitrogens with one attached hydrogen (secondary N) is 3. The summed E-state index contributed by atoms with van der Waals surface area (Å²) in [6, 6.07) is 4.69. The maximum Gasteiger partial charge on any atom is 0.313 e. The van der Waals surface area contributed by atoms with E-state index in [2.05, 4.69) is 20.7 Å². The molecule has 246 valence electrons. The van der Waals surface area contributed by atoms with Crippen LogP contribution < -0.4 is 20.7 Å². The highest BCUT2D eigenvalue weighted by molar-refractivity contribution is 5.98. The lowest BCUT2D eigenvalue weighted by molar-refractivity contribution is -0.142. The van der Waals surface area contributed by atoms with Gasteiger partial charge in [-0.15, -0.1) is 0 Å². The molecule has 0 heterocycles. The average Bonchev–Trinajstić information content (AvgIpc) is 2.99. The van der Waals surface area contributed by atoms with Crippen molar-refractivity contribution >= 4 is 35.3 Å². The van der Waals surface area contributed by atoms with Crippen LogP contribution in [0, 0.1) is 23.3 Å². The molecule has 12 nitrogen and oxygen atoms in total. The predicted octanol–water partition coefficient (Wildman–Crippen LogP) is 2.67. The van der Waals surface area contributed by atoms with Gasteiger partial charge < -0.3 is 34.9 Å². The first-order valence-corrected chi connectivity index (χ1v) is 13.6. The molecule has 0 aromatic heterocycles. The third kappa shape index (κ3) is 12.9. The zero-order chi connectivity index (χ0) is 33.5. The molecule has 0 saturated heterocycles. The monoisotopic (exact) mass is 643 g/mol. The van der Waals surface area contributed by atoms with E-state index in [9.17, 15) is 41.5 Å². The number of rotatable bonds is 17. The fraction of sp³-hybridized carbons (Fsp3) is 0.414. The summed E-state index contributed by atoms with van der Waals surface area (Å²) in [4.78, 5) is 59.5. The van der Waals surface area contributed by atoms with Crippen LogP contribution in [0.1, 0.15) is 39.2 Å². The number of halogens is 4. The molecule has 16 heteroatoms. The Kier molecular flexibility index (Phi) is 14.9. The molecule has 0 aliphatic carbocycles. The quantitative estimate of drug-likeness (QED) is 0.0775. The van der Waals surface area contributed by atoms with Gasteiger partial charge in [-0.1, -0.05) is 12.1 Å². The van der Waals surface area contributed by atoms with Crippen LogP contribution in [0.25, 0.3) is 0 Å². The fourth-order valence-electron chi connectivity index (χ4n) is 3.35. The van der Waals surface area contributed by atoms with E-state index in [0.29, 0.717) is 5.69 Å². The van der Waals surface area contributed by atoms with E-state index >= 15 is 0 Å². The van der Waals surface area contributed by atoms with Gasteiger partial charge in [0.25, 0.3) is 0 Å².